The number of fused-ring (bicyclic) bond motifs is 1. The van der Waals surface area contributed by atoms with Crippen molar-refractivity contribution in [3.8, 4) is 5.75 Å². The molecule has 2 aromatic carbocycles. The maximum absolute atomic E-state index is 12.3. The maximum atomic E-state index is 12.3. The van der Waals surface area contributed by atoms with E-state index in [0.29, 0.717) is 22.2 Å². The van der Waals surface area contributed by atoms with Gasteiger partial charge in [-0.25, -0.2) is 4.79 Å². The molecule has 26 heavy (non-hydrogen) atoms. The van der Waals surface area contributed by atoms with Crippen molar-refractivity contribution in [3.05, 3.63) is 69.9 Å². The number of aromatic amines is 1. The molecule has 1 N–H and O–H groups in total. The molecule has 1 aromatic heterocycles. The molecule has 8 nitrogen and oxygen atoms in total. The van der Waals surface area contributed by atoms with Crippen molar-refractivity contribution in [2.24, 2.45) is 0 Å². The quantitative estimate of drug-likeness (QED) is 0.239. The van der Waals surface area contributed by atoms with E-state index in [2.05, 4.69) is 4.98 Å². The van der Waals surface area contributed by atoms with Crippen molar-refractivity contribution in [1.82, 2.24) is 4.98 Å². The molecule has 132 valence electrons. The zero-order valence-electron chi connectivity index (χ0n) is 13.7. The highest BCUT2D eigenvalue weighted by atomic mass is 16.6. The van der Waals surface area contributed by atoms with E-state index in [-0.39, 0.29) is 17.9 Å². The standard InChI is InChI=1S/C18H14N2O6/c1-25-13-5-2-11(3-6-13)10-26-18(22)17(21)15-9-19-16-7-4-12(20(23)24)8-14(15)16/h2-9,19H,10H2,1H3. The number of nitro groups is 1. The number of hydrogen-bond donors (Lipinski definition) is 1. The van der Waals surface area contributed by atoms with Crippen LogP contribution in [0.25, 0.3) is 10.9 Å². The number of ether oxygens (including phenoxy) is 2. The zero-order chi connectivity index (χ0) is 18.7. The Bertz CT molecular complexity index is 991. The van der Waals surface area contributed by atoms with Gasteiger partial charge in [0, 0.05) is 29.2 Å². The Balaban J connectivity index is 1.75. The monoisotopic (exact) mass is 354 g/mol. The number of carbonyl (C=O) groups is 2. The van der Waals surface area contributed by atoms with Gasteiger partial charge < -0.3 is 14.5 Å². The first kappa shape index (κ1) is 17.2. The van der Waals surface area contributed by atoms with Crippen LogP contribution in [0.2, 0.25) is 0 Å². The number of aromatic nitrogens is 1. The summed E-state index contributed by atoms with van der Waals surface area (Å²) in [5.41, 5.74) is 1.07. The molecule has 0 unspecified atom stereocenters. The number of ketones is 1. The van der Waals surface area contributed by atoms with Crippen LogP contribution in [0.4, 0.5) is 5.69 Å². The van der Waals surface area contributed by atoms with Crippen LogP contribution >= 0.6 is 0 Å². The van der Waals surface area contributed by atoms with Crippen molar-refractivity contribution < 1.29 is 24.0 Å². The third-order valence-electron chi connectivity index (χ3n) is 3.84. The van der Waals surface area contributed by atoms with E-state index in [9.17, 15) is 19.7 Å². The fourth-order valence-electron chi connectivity index (χ4n) is 2.46. The summed E-state index contributed by atoms with van der Waals surface area (Å²) in [4.78, 5) is 37.5. The van der Waals surface area contributed by atoms with Gasteiger partial charge in [0.1, 0.15) is 12.4 Å². The van der Waals surface area contributed by atoms with E-state index in [1.54, 1.807) is 31.4 Å². The first-order chi connectivity index (χ1) is 12.5. The second kappa shape index (κ2) is 7.06. The SMILES string of the molecule is COc1ccc(COC(=O)C(=O)c2c[nH]c3ccc([N+](=O)[O-])cc23)cc1. The van der Waals surface area contributed by atoms with Crippen molar-refractivity contribution in [2.75, 3.05) is 7.11 Å². The van der Waals surface area contributed by atoms with Gasteiger partial charge in [-0.2, -0.15) is 0 Å². The predicted octanol–water partition coefficient (Wildman–Crippen LogP) is 3.01. The fraction of sp³-hybridized carbons (Fsp3) is 0.111. The summed E-state index contributed by atoms with van der Waals surface area (Å²) in [5, 5.41) is 11.2. The number of hydrogen-bond acceptors (Lipinski definition) is 6. The summed E-state index contributed by atoms with van der Waals surface area (Å²) < 4.78 is 10.1. The maximum Gasteiger partial charge on any atom is 0.380 e. The highest BCUT2D eigenvalue weighted by Gasteiger charge is 2.22. The average Bonchev–Trinajstić information content (AvgIpc) is 3.09. The number of rotatable bonds is 6. The van der Waals surface area contributed by atoms with E-state index >= 15 is 0 Å². The molecule has 8 heteroatoms. The van der Waals surface area contributed by atoms with E-state index in [4.69, 9.17) is 9.47 Å². The fourth-order valence-corrected chi connectivity index (χ4v) is 2.46. The third kappa shape index (κ3) is 3.39. The van der Waals surface area contributed by atoms with Gasteiger partial charge >= 0.3 is 5.97 Å². The number of carbonyl (C=O) groups excluding carboxylic acids is 2. The summed E-state index contributed by atoms with van der Waals surface area (Å²) >= 11 is 0. The Morgan fingerprint density at radius 2 is 1.88 bits per heavy atom. The Hall–Kier alpha value is -3.68. The molecule has 0 aliphatic rings. The Morgan fingerprint density at radius 3 is 2.54 bits per heavy atom. The zero-order valence-corrected chi connectivity index (χ0v) is 13.7. The lowest BCUT2D eigenvalue weighted by molar-refractivity contribution is -0.384. The summed E-state index contributed by atoms with van der Waals surface area (Å²) in [5.74, 6) is -1.24. The molecule has 0 saturated carbocycles. The lowest BCUT2D eigenvalue weighted by Crippen LogP contribution is -2.17. The third-order valence-corrected chi connectivity index (χ3v) is 3.84. The molecule has 3 aromatic rings. The molecule has 0 atom stereocenters. The van der Waals surface area contributed by atoms with Crippen molar-refractivity contribution >= 4 is 28.3 Å². The number of non-ortho nitro benzene ring substituents is 1. The van der Waals surface area contributed by atoms with E-state index in [1.807, 2.05) is 0 Å². The largest absolute Gasteiger partial charge is 0.497 e. The number of Topliss-reactive ketones (excluding diaryl/α,β-unsaturated/α-hetero) is 1. The van der Waals surface area contributed by atoms with Crippen LogP contribution in [0.1, 0.15) is 15.9 Å². The van der Waals surface area contributed by atoms with E-state index < -0.39 is 16.7 Å². The normalized spacial score (nSPS) is 10.5. The molecule has 0 saturated heterocycles. The van der Waals surface area contributed by atoms with Gasteiger partial charge in [0.2, 0.25) is 0 Å². The minimum Gasteiger partial charge on any atom is -0.497 e. The van der Waals surface area contributed by atoms with Crippen LogP contribution < -0.4 is 4.74 Å². The molecule has 0 aliphatic carbocycles. The van der Waals surface area contributed by atoms with Gasteiger partial charge in [0.05, 0.1) is 17.6 Å². The molecule has 0 radical (unpaired) electrons. The van der Waals surface area contributed by atoms with Crippen LogP contribution in [0.3, 0.4) is 0 Å². The van der Waals surface area contributed by atoms with Gasteiger partial charge in [0.25, 0.3) is 11.5 Å². The first-order valence-corrected chi connectivity index (χ1v) is 7.59. The number of methoxy groups -OCH3 is 1. The molecule has 0 spiro atoms. The number of benzene rings is 2. The molecule has 0 bridgehead atoms. The topological polar surface area (TPSA) is 112 Å². The van der Waals surface area contributed by atoms with Crippen molar-refractivity contribution in [1.29, 1.82) is 0 Å². The second-order valence-corrected chi connectivity index (χ2v) is 5.44. The molecule has 0 amide bonds. The van der Waals surface area contributed by atoms with Crippen molar-refractivity contribution in [2.45, 2.75) is 6.61 Å². The van der Waals surface area contributed by atoms with Crippen LogP contribution in [0, 0.1) is 10.1 Å². The summed E-state index contributed by atoms with van der Waals surface area (Å²) in [7, 11) is 1.54. The first-order valence-electron chi connectivity index (χ1n) is 7.59. The molecule has 1 heterocycles. The van der Waals surface area contributed by atoms with Gasteiger partial charge in [-0.15, -0.1) is 0 Å². The highest BCUT2D eigenvalue weighted by Crippen LogP contribution is 2.24. The van der Waals surface area contributed by atoms with Gasteiger partial charge in [-0.1, -0.05) is 12.1 Å². The summed E-state index contributed by atoms with van der Waals surface area (Å²) in [6, 6.07) is 10.9. The molecule has 0 aliphatic heterocycles. The minimum absolute atomic E-state index is 0.0310. The Kier molecular flexibility index (Phi) is 4.66. The predicted molar refractivity (Wildman–Crippen MR) is 92.1 cm³/mol. The lowest BCUT2D eigenvalue weighted by atomic mass is 10.1. The number of H-pyrrole nitrogens is 1. The van der Waals surface area contributed by atoms with Crippen LogP contribution in [0.15, 0.2) is 48.7 Å². The van der Waals surface area contributed by atoms with Crippen molar-refractivity contribution in [3.63, 3.8) is 0 Å². The van der Waals surface area contributed by atoms with Crippen LogP contribution in [-0.4, -0.2) is 28.8 Å². The number of nitro benzene ring substituents is 1. The molecule has 3 rings (SSSR count). The van der Waals surface area contributed by atoms with E-state index in [1.165, 1.54) is 24.4 Å². The van der Waals surface area contributed by atoms with E-state index in [0.717, 1.165) is 0 Å². The van der Waals surface area contributed by atoms with Gasteiger partial charge in [-0.05, 0) is 23.8 Å². The highest BCUT2D eigenvalue weighted by molar-refractivity contribution is 6.43. The molecular weight excluding hydrogens is 340 g/mol. The number of nitrogens with one attached hydrogen (secondary N) is 1. The van der Waals surface area contributed by atoms with Crippen LogP contribution in [0.5, 0.6) is 5.75 Å². The summed E-state index contributed by atoms with van der Waals surface area (Å²) in [6.45, 7) is -0.0724. The summed E-state index contributed by atoms with van der Waals surface area (Å²) in [6.07, 6.45) is 1.34. The number of esters is 1. The Labute approximate surface area is 147 Å². The van der Waals surface area contributed by atoms with Gasteiger partial charge in [-0.3, -0.25) is 14.9 Å². The smallest absolute Gasteiger partial charge is 0.380 e. The van der Waals surface area contributed by atoms with Gasteiger partial charge in [0.15, 0.2) is 0 Å². The van der Waals surface area contributed by atoms with Crippen LogP contribution in [-0.2, 0) is 16.1 Å². The average molecular weight is 354 g/mol. The second-order valence-electron chi connectivity index (χ2n) is 5.44. The Morgan fingerprint density at radius 1 is 1.15 bits per heavy atom. The molecule has 0 fully saturated rings. The molecular formula is C18H14N2O6. The number of nitrogens with zero attached hydrogens (tertiary/aromatic N) is 1. The lowest BCUT2D eigenvalue weighted by Gasteiger charge is -2.05. The minimum atomic E-state index is -1.03.